The van der Waals surface area contributed by atoms with Crippen molar-refractivity contribution in [3.8, 4) is 11.3 Å². The fourth-order valence-electron chi connectivity index (χ4n) is 4.62. The molecule has 3 heterocycles. The Hall–Kier alpha value is -2.54. The van der Waals surface area contributed by atoms with Gasteiger partial charge in [-0.3, -0.25) is 4.79 Å². The van der Waals surface area contributed by atoms with Gasteiger partial charge in [-0.05, 0) is 30.3 Å². The first-order valence-corrected chi connectivity index (χ1v) is 10.5. The first-order valence-electron chi connectivity index (χ1n) is 9.70. The summed E-state index contributed by atoms with van der Waals surface area (Å²) in [4.78, 5) is 24.3. The molecule has 5 rings (SSSR count). The van der Waals surface area contributed by atoms with Gasteiger partial charge in [0.15, 0.2) is 0 Å². The Kier molecular flexibility index (Phi) is 4.50. The van der Waals surface area contributed by atoms with Gasteiger partial charge in [0.1, 0.15) is 12.1 Å². The van der Waals surface area contributed by atoms with Gasteiger partial charge in [0.2, 0.25) is 5.91 Å². The second-order valence-electron chi connectivity index (χ2n) is 7.90. The maximum Gasteiger partial charge on any atom is 0.219 e. The van der Waals surface area contributed by atoms with Crippen molar-refractivity contribution in [3.63, 3.8) is 0 Å². The van der Waals surface area contributed by atoms with Crippen LogP contribution in [-0.4, -0.2) is 47.0 Å². The van der Waals surface area contributed by atoms with Crippen LogP contribution in [0.4, 0.5) is 10.1 Å². The number of likely N-dealkylation sites (tertiary alicyclic amines) is 1. The Labute approximate surface area is 176 Å². The van der Waals surface area contributed by atoms with Crippen LogP contribution in [0, 0.1) is 17.7 Å². The number of fused-ring (bicyclic) bond motifs is 2. The van der Waals surface area contributed by atoms with E-state index in [1.54, 1.807) is 13.0 Å². The first-order chi connectivity index (χ1) is 14.0. The van der Waals surface area contributed by atoms with Crippen LogP contribution in [0.25, 0.3) is 22.2 Å². The van der Waals surface area contributed by atoms with Gasteiger partial charge < -0.3 is 9.80 Å². The second kappa shape index (κ2) is 7.06. The highest BCUT2D eigenvalue weighted by Crippen LogP contribution is 2.36. The van der Waals surface area contributed by atoms with Gasteiger partial charge in [-0.1, -0.05) is 22.0 Å². The number of hydrogen-bond donors (Lipinski definition) is 0. The second-order valence-corrected chi connectivity index (χ2v) is 8.81. The van der Waals surface area contributed by atoms with Crippen LogP contribution in [-0.2, 0) is 4.79 Å². The van der Waals surface area contributed by atoms with Crippen molar-refractivity contribution in [1.82, 2.24) is 14.9 Å². The van der Waals surface area contributed by atoms with Crippen molar-refractivity contribution >= 4 is 38.4 Å². The summed E-state index contributed by atoms with van der Waals surface area (Å²) >= 11 is 3.49. The lowest BCUT2D eigenvalue weighted by Crippen LogP contribution is -2.31. The standard InChI is InChI=1S/C22H20BrFN4O/c1-13(29)27-8-15-10-28(11-16(15)9-27)21-5-2-14(6-19(21)24)22-18-7-17(23)3-4-20(18)25-12-26-22/h2-7,12,15-16H,8-11H2,1H3. The Morgan fingerprint density at radius 1 is 1.07 bits per heavy atom. The number of carbonyl (C=O) groups is 1. The van der Waals surface area contributed by atoms with E-state index in [1.807, 2.05) is 35.2 Å². The molecule has 0 bridgehead atoms. The first kappa shape index (κ1) is 18.5. The summed E-state index contributed by atoms with van der Waals surface area (Å²) in [6.07, 6.45) is 1.51. The molecule has 7 heteroatoms. The highest BCUT2D eigenvalue weighted by molar-refractivity contribution is 9.10. The number of halogens is 2. The maximum atomic E-state index is 15.1. The smallest absolute Gasteiger partial charge is 0.219 e. The summed E-state index contributed by atoms with van der Waals surface area (Å²) in [6.45, 7) is 4.74. The Morgan fingerprint density at radius 2 is 1.83 bits per heavy atom. The van der Waals surface area contributed by atoms with Crippen molar-refractivity contribution < 1.29 is 9.18 Å². The third kappa shape index (κ3) is 3.27. The molecule has 0 radical (unpaired) electrons. The largest absolute Gasteiger partial charge is 0.368 e. The molecule has 3 aromatic rings. The van der Waals surface area contributed by atoms with Crippen molar-refractivity contribution in [1.29, 1.82) is 0 Å². The number of anilines is 1. The van der Waals surface area contributed by atoms with Crippen LogP contribution < -0.4 is 4.90 Å². The Morgan fingerprint density at radius 3 is 2.52 bits per heavy atom. The molecule has 1 aromatic heterocycles. The third-order valence-electron chi connectivity index (χ3n) is 6.09. The topological polar surface area (TPSA) is 49.3 Å². The molecule has 2 aromatic carbocycles. The van der Waals surface area contributed by atoms with Gasteiger partial charge in [-0.15, -0.1) is 0 Å². The minimum atomic E-state index is -0.243. The molecule has 2 aliphatic heterocycles. The summed E-state index contributed by atoms with van der Waals surface area (Å²) < 4.78 is 16.0. The van der Waals surface area contributed by atoms with Gasteiger partial charge in [0.25, 0.3) is 0 Å². The zero-order valence-electron chi connectivity index (χ0n) is 16.0. The van der Waals surface area contributed by atoms with E-state index in [1.165, 1.54) is 6.33 Å². The van der Waals surface area contributed by atoms with E-state index < -0.39 is 0 Å². The Balaban J connectivity index is 1.43. The fourth-order valence-corrected chi connectivity index (χ4v) is 4.98. The number of amides is 1. The van der Waals surface area contributed by atoms with Crippen LogP contribution in [0.5, 0.6) is 0 Å². The molecule has 2 atom stereocenters. The number of hydrogen-bond acceptors (Lipinski definition) is 4. The van der Waals surface area contributed by atoms with Gasteiger partial charge in [-0.25, -0.2) is 14.4 Å². The van der Waals surface area contributed by atoms with E-state index in [-0.39, 0.29) is 11.7 Å². The molecule has 0 aliphatic carbocycles. The van der Waals surface area contributed by atoms with E-state index >= 15 is 4.39 Å². The monoisotopic (exact) mass is 454 g/mol. The molecule has 2 unspecified atom stereocenters. The molecule has 2 saturated heterocycles. The molecule has 5 nitrogen and oxygen atoms in total. The average molecular weight is 455 g/mol. The highest BCUT2D eigenvalue weighted by atomic mass is 79.9. The van der Waals surface area contributed by atoms with Crippen LogP contribution >= 0.6 is 15.9 Å². The number of nitrogens with zero attached hydrogens (tertiary/aromatic N) is 4. The van der Waals surface area contributed by atoms with E-state index in [0.29, 0.717) is 17.5 Å². The molecule has 29 heavy (non-hydrogen) atoms. The molecule has 0 saturated carbocycles. The van der Waals surface area contributed by atoms with Crippen molar-refractivity contribution in [2.75, 3.05) is 31.1 Å². The Bertz CT molecular complexity index is 1110. The van der Waals surface area contributed by atoms with Gasteiger partial charge in [0, 0.05) is 60.4 Å². The molecular weight excluding hydrogens is 435 g/mol. The number of carbonyl (C=O) groups excluding carboxylic acids is 1. The molecule has 148 valence electrons. The molecular formula is C22H20BrFN4O. The minimum Gasteiger partial charge on any atom is -0.368 e. The van der Waals surface area contributed by atoms with Crippen LogP contribution in [0.15, 0.2) is 47.2 Å². The van der Waals surface area contributed by atoms with Crippen molar-refractivity contribution in [2.45, 2.75) is 6.92 Å². The zero-order valence-corrected chi connectivity index (χ0v) is 17.6. The number of benzene rings is 2. The van der Waals surface area contributed by atoms with E-state index in [0.717, 1.165) is 52.8 Å². The lowest BCUT2D eigenvalue weighted by Gasteiger charge is -2.23. The van der Waals surface area contributed by atoms with Crippen molar-refractivity contribution in [3.05, 3.63) is 53.0 Å². The lowest BCUT2D eigenvalue weighted by atomic mass is 10.0. The fraction of sp³-hybridized carbons (Fsp3) is 0.318. The predicted octanol–water partition coefficient (Wildman–Crippen LogP) is 4.11. The summed E-state index contributed by atoms with van der Waals surface area (Å²) in [5.41, 5.74) is 2.90. The average Bonchev–Trinajstić information content (AvgIpc) is 3.26. The summed E-state index contributed by atoms with van der Waals surface area (Å²) in [5, 5.41) is 0.883. The molecule has 2 fully saturated rings. The normalized spacial score (nSPS) is 21.1. The number of aromatic nitrogens is 2. The number of rotatable bonds is 2. The van der Waals surface area contributed by atoms with Crippen LogP contribution in [0.3, 0.4) is 0 Å². The summed E-state index contributed by atoms with van der Waals surface area (Å²) in [5.74, 6) is 0.722. The summed E-state index contributed by atoms with van der Waals surface area (Å²) in [7, 11) is 0. The highest BCUT2D eigenvalue weighted by Gasteiger charge is 2.41. The van der Waals surface area contributed by atoms with E-state index in [2.05, 4.69) is 30.8 Å². The van der Waals surface area contributed by atoms with Gasteiger partial charge >= 0.3 is 0 Å². The van der Waals surface area contributed by atoms with Crippen molar-refractivity contribution in [2.24, 2.45) is 11.8 Å². The molecule has 1 amide bonds. The SMILES string of the molecule is CC(=O)N1CC2CN(c3ccc(-c4ncnc5ccc(Br)cc45)cc3F)CC2C1. The molecule has 2 aliphatic rings. The maximum absolute atomic E-state index is 15.1. The quantitative estimate of drug-likeness (QED) is 0.584. The zero-order chi connectivity index (χ0) is 20.1. The third-order valence-corrected chi connectivity index (χ3v) is 6.58. The summed E-state index contributed by atoms with van der Waals surface area (Å²) in [6, 6.07) is 11.1. The molecule has 0 spiro atoms. The van der Waals surface area contributed by atoms with Gasteiger partial charge in [0.05, 0.1) is 16.9 Å². The van der Waals surface area contributed by atoms with Gasteiger partial charge in [-0.2, -0.15) is 0 Å². The van der Waals surface area contributed by atoms with Crippen LogP contribution in [0.2, 0.25) is 0 Å². The van der Waals surface area contributed by atoms with E-state index in [9.17, 15) is 4.79 Å². The molecule has 0 N–H and O–H groups in total. The lowest BCUT2D eigenvalue weighted by molar-refractivity contribution is -0.128. The minimum absolute atomic E-state index is 0.130. The van der Waals surface area contributed by atoms with E-state index in [4.69, 9.17) is 0 Å². The predicted molar refractivity (Wildman–Crippen MR) is 114 cm³/mol. The van der Waals surface area contributed by atoms with Crippen LogP contribution in [0.1, 0.15) is 6.92 Å².